The van der Waals surface area contributed by atoms with Crippen LogP contribution in [0.15, 0.2) is 15.3 Å². The van der Waals surface area contributed by atoms with Crippen LogP contribution in [0.3, 0.4) is 0 Å². The summed E-state index contributed by atoms with van der Waals surface area (Å²) in [5.41, 5.74) is -0.00309. The van der Waals surface area contributed by atoms with E-state index in [0.717, 1.165) is 0 Å². The zero-order valence-electron chi connectivity index (χ0n) is 8.92. The highest BCUT2D eigenvalue weighted by Crippen LogP contribution is 2.18. The molecule has 0 saturated carbocycles. The van der Waals surface area contributed by atoms with E-state index in [9.17, 15) is 18.8 Å². The summed E-state index contributed by atoms with van der Waals surface area (Å²) in [6.07, 6.45) is 0.350. The Kier molecular flexibility index (Phi) is 3.03. The van der Waals surface area contributed by atoms with Crippen molar-refractivity contribution < 1.29 is 18.4 Å². The molecule has 2 rings (SSSR count). The van der Waals surface area contributed by atoms with Crippen LogP contribution in [0.1, 0.15) is 28.1 Å². The number of amides is 2. The van der Waals surface area contributed by atoms with Gasteiger partial charge in [-0.15, -0.1) is 0 Å². The number of hydrogen-bond donors (Lipinski definition) is 1. The number of fused-ring (bicyclic) bond motifs is 1. The minimum Gasteiger partial charge on any atom is -0.426 e. The van der Waals surface area contributed by atoms with Crippen LogP contribution < -0.4 is 10.9 Å². The largest absolute Gasteiger partial charge is 0.426 e. The molecule has 0 spiro atoms. The molecule has 6 heteroatoms. The summed E-state index contributed by atoms with van der Waals surface area (Å²) < 4.78 is 16.9. The summed E-state index contributed by atoms with van der Waals surface area (Å²) >= 11 is 0. The number of carbonyl (C=O) groups is 2. The van der Waals surface area contributed by atoms with Crippen molar-refractivity contribution in [1.82, 2.24) is 5.32 Å². The minimum absolute atomic E-state index is 0.0695. The van der Waals surface area contributed by atoms with E-state index >= 15 is 0 Å². The predicted molar refractivity (Wildman–Crippen MR) is 55.5 cm³/mol. The number of imide groups is 1. The van der Waals surface area contributed by atoms with E-state index in [1.54, 1.807) is 0 Å². The average molecular weight is 239 g/mol. The summed E-state index contributed by atoms with van der Waals surface area (Å²) in [5.74, 6) is -1.03. The zero-order chi connectivity index (χ0) is 12.4. The number of halogens is 1. The fourth-order valence-corrected chi connectivity index (χ4v) is 1.83. The molecule has 0 fully saturated rings. The third kappa shape index (κ3) is 2.25. The molecule has 1 aliphatic rings. The third-order valence-electron chi connectivity index (χ3n) is 2.50. The van der Waals surface area contributed by atoms with Gasteiger partial charge in [-0.1, -0.05) is 0 Å². The molecule has 0 atom stereocenters. The van der Waals surface area contributed by atoms with E-state index in [4.69, 9.17) is 4.42 Å². The van der Waals surface area contributed by atoms with Crippen molar-refractivity contribution in [1.29, 1.82) is 0 Å². The normalized spacial score (nSPS) is 14.4. The second-order valence-corrected chi connectivity index (χ2v) is 3.74. The Morgan fingerprint density at radius 1 is 1.35 bits per heavy atom. The topological polar surface area (TPSA) is 76.4 Å². The van der Waals surface area contributed by atoms with Crippen molar-refractivity contribution in [2.75, 3.05) is 6.67 Å². The number of hydrogen-bond acceptors (Lipinski definition) is 4. The quantitative estimate of drug-likeness (QED) is 0.772. The smallest absolute Gasteiger partial charge is 0.336 e. The Morgan fingerprint density at radius 3 is 2.82 bits per heavy atom. The van der Waals surface area contributed by atoms with E-state index < -0.39 is 24.1 Å². The van der Waals surface area contributed by atoms with Crippen LogP contribution in [0.25, 0.3) is 0 Å². The molecule has 0 aromatic carbocycles. The maximum atomic E-state index is 12.1. The van der Waals surface area contributed by atoms with Crippen molar-refractivity contribution in [3.05, 3.63) is 33.4 Å². The lowest BCUT2D eigenvalue weighted by atomic mass is 9.98. The molecule has 5 nitrogen and oxygen atoms in total. The molecule has 2 amide bonds. The van der Waals surface area contributed by atoms with Crippen LogP contribution in [-0.4, -0.2) is 18.5 Å². The van der Waals surface area contributed by atoms with Gasteiger partial charge in [0.15, 0.2) is 0 Å². The molecule has 0 saturated heterocycles. The van der Waals surface area contributed by atoms with E-state index in [2.05, 4.69) is 5.32 Å². The van der Waals surface area contributed by atoms with E-state index in [1.807, 2.05) is 0 Å². The highest BCUT2D eigenvalue weighted by atomic mass is 19.1. The lowest BCUT2D eigenvalue weighted by molar-refractivity contribution is -0.120. The van der Waals surface area contributed by atoms with Crippen molar-refractivity contribution in [2.45, 2.75) is 19.3 Å². The molecule has 1 aromatic rings. The van der Waals surface area contributed by atoms with Gasteiger partial charge in [-0.2, -0.15) is 0 Å². The maximum Gasteiger partial charge on any atom is 0.336 e. The van der Waals surface area contributed by atoms with Crippen LogP contribution in [0, 0.1) is 0 Å². The summed E-state index contributed by atoms with van der Waals surface area (Å²) in [6.45, 7) is -0.532. The highest BCUT2D eigenvalue weighted by Gasteiger charge is 2.27. The SMILES string of the molecule is O=C1Cc2oc(=O)cc(CCCF)c2C(=O)N1. The van der Waals surface area contributed by atoms with Gasteiger partial charge in [0.1, 0.15) is 5.76 Å². The molecule has 0 unspecified atom stereocenters. The van der Waals surface area contributed by atoms with Gasteiger partial charge in [0.05, 0.1) is 18.7 Å². The third-order valence-corrected chi connectivity index (χ3v) is 2.50. The standard InChI is InChI=1S/C11H10FNO4/c12-3-1-2-6-4-9(15)17-7-5-8(14)13-11(16)10(6)7/h4H,1-3,5H2,(H,13,14,16). The molecular formula is C11H10FNO4. The molecule has 0 bridgehead atoms. The fraction of sp³-hybridized carbons (Fsp3) is 0.364. The lowest BCUT2D eigenvalue weighted by Gasteiger charge is -2.16. The average Bonchev–Trinajstić information content (AvgIpc) is 2.24. The first-order chi connectivity index (χ1) is 8.11. The van der Waals surface area contributed by atoms with E-state index in [0.29, 0.717) is 5.56 Å². The first-order valence-corrected chi connectivity index (χ1v) is 5.18. The van der Waals surface area contributed by atoms with Crippen LogP contribution in [0.4, 0.5) is 4.39 Å². The summed E-state index contributed by atoms with van der Waals surface area (Å²) in [6, 6.07) is 1.17. The Labute approximate surface area is 95.6 Å². The Balaban J connectivity index is 2.49. The summed E-state index contributed by atoms with van der Waals surface area (Å²) in [7, 11) is 0. The van der Waals surface area contributed by atoms with Gasteiger partial charge < -0.3 is 4.42 Å². The molecule has 1 aliphatic heterocycles. The van der Waals surface area contributed by atoms with Gasteiger partial charge in [-0.05, 0) is 18.4 Å². The van der Waals surface area contributed by atoms with Crippen molar-refractivity contribution >= 4 is 11.8 Å². The van der Waals surface area contributed by atoms with Crippen LogP contribution in [0.5, 0.6) is 0 Å². The fourth-order valence-electron chi connectivity index (χ4n) is 1.83. The van der Waals surface area contributed by atoms with Gasteiger partial charge in [0, 0.05) is 6.07 Å². The second kappa shape index (κ2) is 4.48. The Morgan fingerprint density at radius 2 is 2.12 bits per heavy atom. The van der Waals surface area contributed by atoms with Gasteiger partial charge in [-0.25, -0.2) is 4.79 Å². The molecule has 1 aromatic heterocycles. The monoisotopic (exact) mass is 239 g/mol. The number of alkyl halides is 1. The van der Waals surface area contributed by atoms with Crippen LogP contribution in [0.2, 0.25) is 0 Å². The van der Waals surface area contributed by atoms with Gasteiger partial charge >= 0.3 is 5.63 Å². The lowest BCUT2D eigenvalue weighted by Crippen LogP contribution is -2.38. The summed E-state index contributed by atoms with van der Waals surface area (Å²) in [5, 5.41) is 2.14. The minimum atomic E-state index is -0.625. The summed E-state index contributed by atoms with van der Waals surface area (Å²) in [4.78, 5) is 34.0. The van der Waals surface area contributed by atoms with Gasteiger partial charge in [-0.3, -0.25) is 19.3 Å². The molecule has 1 N–H and O–H groups in total. The number of aryl methyl sites for hydroxylation is 1. The molecule has 0 aliphatic carbocycles. The zero-order valence-corrected chi connectivity index (χ0v) is 8.92. The van der Waals surface area contributed by atoms with Crippen LogP contribution in [-0.2, 0) is 17.6 Å². The maximum absolute atomic E-state index is 12.1. The van der Waals surface area contributed by atoms with E-state index in [-0.39, 0.29) is 30.6 Å². The Hall–Kier alpha value is -1.98. The predicted octanol–water partition coefficient (Wildman–Crippen LogP) is 0.354. The molecule has 0 radical (unpaired) electrons. The van der Waals surface area contributed by atoms with Crippen molar-refractivity contribution in [2.24, 2.45) is 0 Å². The molecular weight excluding hydrogens is 229 g/mol. The molecule has 90 valence electrons. The first kappa shape index (κ1) is 11.5. The molecule has 17 heavy (non-hydrogen) atoms. The Bertz CT molecular complexity index is 535. The number of nitrogens with one attached hydrogen (secondary N) is 1. The molecule has 2 heterocycles. The van der Waals surface area contributed by atoms with Crippen LogP contribution >= 0.6 is 0 Å². The van der Waals surface area contributed by atoms with Gasteiger partial charge in [0.25, 0.3) is 5.91 Å². The van der Waals surface area contributed by atoms with Gasteiger partial charge in [0.2, 0.25) is 5.91 Å². The number of rotatable bonds is 3. The highest BCUT2D eigenvalue weighted by molar-refractivity contribution is 6.09. The van der Waals surface area contributed by atoms with Crippen molar-refractivity contribution in [3.8, 4) is 0 Å². The number of carbonyl (C=O) groups excluding carboxylic acids is 2. The second-order valence-electron chi connectivity index (χ2n) is 3.74. The first-order valence-electron chi connectivity index (χ1n) is 5.18. The van der Waals surface area contributed by atoms with Crippen molar-refractivity contribution in [3.63, 3.8) is 0 Å². The van der Waals surface area contributed by atoms with E-state index in [1.165, 1.54) is 6.07 Å².